The van der Waals surface area contributed by atoms with E-state index in [9.17, 15) is 4.79 Å². The normalized spacial score (nSPS) is 12.6. The molecule has 0 amide bonds. The molecule has 0 aliphatic rings. The summed E-state index contributed by atoms with van der Waals surface area (Å²) in [5.74, 6) is -0.238. The van der Waals surface area contributed by atoms with Crippen molar-refractivity contribution in [3.8, 4) is 0 Å². The van der Waals surface area contributed by atoms with Crippen LogP contribution in [0, 0.1) is 0 Å². The van der Waals surface area contributed by atoms with E-state index in [4.69, 9.17) is 4.74 Å². The number of quaternary nitrogens is 1. The third-order valence-electron chi connectivity index (χ3n) is 2.76. The fourth-order valence-electron chi connectivity index (χ4n) is 1.91. The number of nitrogens with one attached hydrogen (secondary N) is 1. The predicted molar refractivity (Wildman–Crippen MR) is 65.3 cm³/mol. The number of para-hydroxylation sites is 1. The second-order valence-corrected chi connectivity index (χ2v) is 4.01. The Balaban J connectivity index is 2.16. The molecule has 0 aliphatic carbocycles. The minimum Gasteiger partial charge on any atom is -0.462 e. The van der Waals surface area contributed by atoms with Crippen molar-refractivity contribution in [3.63, 3.8) is 0 Å². The maximum absolute atomic E-state index is 11.5. The van der Waals surface area contributed by atoms with Gasteiger partial charge in [0, 0.05) is 23.5 Å². The number of aromatic amines is 1. The molecule has 0 fully saturated rings. The number of benzene rings is 1. The van der Waals surface area contributed by atoms with Crippen LogP contribution in [0.15, 0.2) is 30.5 Å². The van der Waals surface area contributed by atoms with Crippen LogP contribution in [0.25, 0.3) is 10.9 Å². The first-order valence-electron chi connectivity index (χ1n) is 5.77. The zero-order valence-corrected chi connectivity index (χ0v) is 9.90. The fourth-order valence-corrected chi connectivity index (χ4v) is 1.91. The van der Waals surface area contributed by atoms with Crippen LogP contribution in [0.4, 0.5) is 0 Å². The lowest BCUT2D eigenvalue weighted by atomic mass is 10.1. The molecule has 0 unspecified atom stereocenters. The average Bonchev–Trinajstić information content (AvgIpc) is 2.73. The van der Waals surface area contributed by atoms with Crippen LogP contribution < -0.4 is 5.73 Å². The maximum Gasteiger partial charge on any atom is 0.365 e. The number of carbonyl (C=O) groups excluding carboxylic acids is 1. The van der Waals surface area contributed by atoms with E-state index >= 15 is 0 Å². The van der Waals surface area contributed by atoms with Crippen molar-refractivity contribution < 1.29 is 15.3 Å². The smallest absolute Gasteiger partial charge is 0.365 e. The van der Waals surface area contributed by atoms with E-state index in [0.29, 0.717) is 13.0 Å². The highest BCUT2D eigenvalue weighted by atomic mass is 16.5. The molecule has 1 heterocycles. The van der Waals surface area contributed by atoms with Crippen LogP contribution in [0.5, 0.6) is 0 Å². The standard InChI is InChI=1S/C13H16N2O2/c1-2-17-13(16)11(14)7-9-8-15-12-6-4-3-5-10(9)12/h3-6,8,11,15H,2,7,14H2,1H3/p+1/t11-/m0/s1. The number of esters is 1. The monoisotopic (exact) mass is 233 g/mol. The van der Waals surface area contributed by atoms with Gasteiger partial charge in [-0.1, -0.05) is 18.2 Å². The van der Waals surface area contributed by atoms with Gasteiger partial charge in [0.15, 0.2) is 6.04 Å². The van der Waals surface area contributed by atoms with Gasteiger partial charge >= 0.3 is 5.97 Å². The SMILES string of the molecule is CCOC(=O)[C@@H]([NH3+])Cc1c[nH]c2ccccc12. The Hall–Kier alpha value is -1.81. The third-order valence-corrected chi connectivity index (χ3v) is 2.76. The van der Waals surface area contributed by atoms with Crippen LogP contribution in [0.1, 0.15) is 12.5 Å². The largest absolute Gasteiger partial charge is 0.462 e. The van der Waals surface area contributed by atoms with Crippen molar-refractivity contribution in [1.82, 2.24) is 4.98 Å². The number of carbonyl (C=O) groups is 1. The first-order chi connectivity index (χ1) is 8.22. The highest BCUT2D eigenvalue weighted by molar-refractivity contribution is 5.84. The second kappa shape index (κ2) is 5.01. The van der Waals surface area contributed by atoms with Gasteiger partial charge in [0.1, 0.15) is 0 Å². The van der Waals surface area contributed by atoms with Crippen LogP contribution in [0.3, 0.4) is 0 Å². The molecule has 1 aromatic heterocycles. The summed E-state index contributed by atoms with van der Waals surface area (Å²) < 4.78 is 4.95. The van der Waals surface area contributed by atoms with E-state index in [1.54, 1.807) is 6.92 Å². The Kier molecular flexibility index (Phi) is 3.44. The Bertz CT molecular complexity index is 519. The summed E-state index contributed by atoms with van der Waals surface area (Å²) in [4.78, 5) is 14.7. The molecule has 2 rings (SSSR count). The Morgan fingerprint density at radius 3 is 3.00 bits per heavy atom. The number of hydrogen-bond acceptors (Lipinski definition) is 2. The molecule has 90 valence electrons. The molecular weight excluding hydrogens is 216 g/mol. The van der Waals surface area contributed by atoms with Gasteiger partial charge in [0.2, 0.25) is 0 Å². The van der Waals surface area contributed by atoms with E-state index < -0.39 is 0 Å². The zero-order valence-electron chi connectivity index (χ0n) is 9.90. The lowest BCUT2D eigenvalue weighted by Gasteiger charge is -2.06. The Morgan fingerprint density at radius 1 is 1.47 bits per heavy atom. The third kappa shape index (κ3) is 2.47. The molecule has 0 spiro atoms. The van der Waals surface area contributed by atoms with E-state index in [1.165, 1.54) is 0 Å². The van der Waals surface area contributed by atoms with Crippen LogP contribution >= 0.6 is 0 Å². The van der Waals surface area contributed by atoms with Crippen molar-refractivity contribution >= 4 is 16.9 Å². The predicted octanol–water partition coefficient (Wildman–Crippen LogP) is 0.884. The van der Waals surface area contributed by atoms with Gasteiger partial charge < -0.3 is 15.5 Å². The number of H-pyrrole nitrogens is 1. The quantitative estimate of drug-likeness (QED) is 0.770. The topological polar surface area (TPSA) is 69.7 Å². The molecule has 0 aliphatic heterocycles. The summed E-state index contributed by atoms with van der Waals surface area (Å²) in [5, 5.41) is 1.14. The first kappa shape index (κ1) is 11.7. The van der Waals surface area contributed by atoms with Gasteiger partial charge in [-0.25, -0.2) is 4.79 Å². The maximum atomic E-state index is 11.5. The molecule has 4 nitrogen and oxygen atoms in total. The van der Waals surface area contributed by atoms with Gasteiger partial charge in [-0.2, -0.15) is 0 Å². The minimum atomic E-state index is -0.353. The Morgan fingerprint density at radius 2 is 2.24 bits per heavy atom. The van der Waals surface area contributed by atoms with E-state index in [0.717, 1.165) is 16.5 Å². The molecule has 1 aromatic carbocycles. The van der Waals surface area contributed by atoms with Gasteiger partial charge in [-0.05, 0) is 18.6 Å². The molecule has 4 N–H and O–H groups in total. The van der Waals surface area contributed by atoms with E-state index in [1.807, 2.05) is 30.5 Å². The van der Waals surface area contributed by atoms with Gasteiger partial charge in [-0.3, -0.25) is 0 Å². The second-order valence-electron chi connectivity index (χ2n) is 4.01. The lowest BCUT2D eigenvalue weighted by Crippen LogP contribution is -2.66. The Labute approximate surface area is 99.8 Å². The van der Waals surface area contributed by atoms with Crippen molar-refractivity contribution in [2.45, 2.75) is 19.4 Å². The summed E-state index contributed by atoms with van der Waals surface area (Å²) in [5.41, 5.74) is 6.04. The lowest BCUT2D eigenvalue weighted by molar-refractivity contribution is -0.407. The van der Waals surface area contributed by atoms with Gasteiger partial charge in [-0.15, -0.1) is 0 Å². The summed E-state index contributed by atoms with van der Waals surface area (Å²) in [6, 6.07) is 7.67. The first-order valence-corrected chi connectivity index (χ1v) is 5.77. The number of ether oxygens (including phenoxy) is 1. The van der Waals surface area contributed by atoms with Crippen molar-refractivity contribution in [2.24, 2.45) is 0 Å². The van der Waals surface area contributed by atoms with E-state index in [2.05, 4.69) is 10.7 Å². The number of hydrogen-bond donors (Lipinski definition) is 2. The van der Waals surface area contributed by atoms with Crippen molar-refractivity contribution in [1.29, 1.82) is 0 Å². The summed E-state index contributed by atoms with van der Waals surface area (Å²) in [6.45, 7) is 2.20. The molecule has 0 saturated heterocycles. The summed E-state index contributed by atoms with van der Waals surface area (Å²) >= 11 is 0. The number of fused-ring (bicyclic) bond motifs is 1. The number of rotatable bonds is 4. The van der Waals surface area contributed by atoms with Crippen molar-refractivity contribution in [2.75, 3.05) is 6.61 Å². The summed E-state index contributed by atoms with van der Waals surface area (Å²) in [7, 11) is 0. The zero-order chi connectivity index (χ0) is 12.3. The fraction of sp³-hybridized carbons (Fsp3) is 0.308. The molecule has 4 heteroatoms. The molecule has 2 aromatic rings. The minimum absolute atomic E-state index is 0.238. The number of aromatic nitrogens is 1. The highest BCUT2D eigenvalue weighted by Gasteiger charge is 2.20. The molecule has 0 radical (unpaired) electrons. The molecule has 1 atom stereocenters. The molecule has 0 saturated carbocycles. The van der Waals surface area contributed by atoms with Crippen molar-refractivity contribution in [3.05, 3.63) is 36.0 Å². The highest BCUT2D eigenvalue weighted by Crippen LogP contribution is 2.18. The molecule has 0 bridgehead atoms. The molecular formula is C13H17N2O2+. The van der Waals surface area contributed by atoms with Gasteiger partial charge in [0.25, 0.3) is 0 Å². The summed E-state index contributed by atoms with van der Waals surface area (Å²) in [6.07, 6.45) is 2.53. The van der Waals surface area contributed by atoms with Gasteiger partial charge in [0.05, 0.1) is 6.61 Å². The van der Waals surface area contributed by atoms with Crippen LogP contribution in [-0.2, 0) is 16.0 Å². The van der Waals surface area contributed by atoms with Crippen LogP contribution in [0.2, 0.25) is 0 Å². The average molecular weight is 233 g/mol. The molecule has 17 heavy (non-hydrogen) atoms. The van der Waals surface area contributed by atoms with Crippen LogP contribution in [-0.4, -0.2) is 23.6 Å². The van der Waals surface area contributed by atoms with E-state index in [-0.39, 0.29) is 12.0 Å².